The van der Waals surface area contributed by atoms with Gasteiger partial charge in [0.2, 0.25) is 0 Å². The minimum Gasteiger partial charge on any atom is -0.459 e. The largest absolute Gasteiger partial charge is 0.459 e. The van der Waals surface area contributed by atoms with Crippen molar-refractivity contribution in [2.24, 2.45) is 0 Å². The number of nitrogens with zero attached hydrogens (tertiary/aromatic N) is 5. The normalized spacial score (nSPS) is 18.3. The van der Waals surface area contributed by atoms with Crippen LogP contribution in [0.4, 0.5) is 17.6 Å². The van der Waals surface area contributed by atoms with Crippen molar-refractivity contribution in [3.8, 4) is 17.4 Å². The van der Waals surface area contributed by atoms with Crippen molar-refractivity contribution in [1.29, 1.82) is 0 Å². The van der Waals surface area contributed by atoms with E-state index in [4.69, 9.17) is 4.74 Å². The summed E-state index contributed by atoms with van der Waals surface area (Å²) in [7, 11) is 0. The van der Waals surface area contributed by atoms with Gasteiger partial charge >= 0.3 is 12.2 Å². The van der Waals surface area contributed by atoms with Crippen molar-refractivity contribution in [2.45, 2.75) is 31.3 Å². The first-order valence-corrected chi connectivity index (χ1v) is 9.87. The van der Waals surface area contributed by atoms with Crippen LogP contribution in [0.3, 0.4) is 0 Å². The van der Waals surface area contributed by atoms with Crippen LogP contribution in [0, 0.1) is 5.82 Å². The van der Waals surface area contributed by atoms with Crippen LogP contribution in [0.25, 0.3) is 11.4 Å². The highest BCUT2D eigenvalue weighted by molar-refractivity contribution is 5.61. The number of likely N-dealkylation sites (tertiary alicyclic amines) is 1. The van der Waals surface area contributed by atoms with Crippen molar-refractivity contribution in [3.05, 3.63) is 66.0 Å². The topological polar surface area (TPSA) is 84.3 Å². The maximum Gasteiger partial charge on any atom is 0.419 e. The fourth-order valence-electron chi connectivity index (χ4n) is 3.57. The molecule has 1 saturated heterocycles. The minimum absolute atomic E-state index is 0.106. The maximum atomic E-state index is 14.6. The number of hydrogen-bond donors (Lipinski definition) is 1. The van der Waals surface area contributed by atoms with Gasteiger partial charge in [-0.2, -0.15) is 13.2 Å². The van der Waals surface area contributed by atoms with Crippen molar-refractivity contribution in [3.63, 3.8) is 0 Å². The summed E-state index contributed by atoms with van der Waals surface area (Å²) in [6, 6.07) is 5.79. The molecule has 0 amide bonds. The number of alkyl halides is 3. The van der Waals surface area contributed by atoms with Crippen molar-refractivity contribution in [1.82, 2.24) is 24.8 Å². The molecule has 0 radical (unpaired) electrons. The zero-order valence-electron chi connectivity index (χ0n) is 16.7. The van der Waals surface area contributed by atoms with E-state index in [0.29, 0.717) is 37.3 Å². The van der Waals surface area contributed by atoms with E-state index in [1.807, 2.05) is 0 Å². The summed E-state index contributed by atoms with van der Waals surface area (Å²) in [6.07, 6.45) is -0.604. The molecule has 32 heavy (non-hydrogen) atoms. The van der Waals surface area contributed by atoms with Gasteiger partial charge in [0.25, 0.3) is 0 Å². The Hall–Kier alpha value is -3.18. The summed E-state index contributed by atoms with van der Waals surface area (Å²) in [6.45, 7) is 0.762. The molecule has 1 aromatic carbocycles. The zero-order chi connectivity index (χ0) is 22.7. The van der Waals surface area contributed by atoms with Gasteiger partial charge in [0.1, 0.15) is 18.1 Å². The molecule has 2 aromatic heterocycles. The molecular weight excluding hydrogens is 430 g/mol. The summed E-state index contributed by atoms with van der Waals surface area (Å²) in [5.41, 5.74) is -0.551. The van der Waals surface area contributed by atoms with Gasteiger partial charge in [-0.1, -0.05) is 12.1 Å². The monoisotopic (exact) mass is 449 g/mol. The average Bonchev–Trinajstić information content (AvgIpc) is 2.79. The lowest BCUT2D eigenvalue weighted by molar-refractivity contribution is -0.138. The predicted octanol–water partition coefficient (Wildman–Crippen LogP) is 3.63. The standard InChI is InChI=1S/C21H19F4N5O2/c22-16-6-1-5-15(17(16)18-26-7-3-8-27-18)19(31)30-9-2-4-14(12-30)32-20-28-10-13(11-29-20)21(23,24)25/h1,3,5-8,10-11,14,19,31H,2,4,9,12H2/t14-,19?/m1/s1. The van der Waals surface area contributed by atoms with E-state index in [0.717, 1.165) is 0 Å². The zero-order valence-corrected chi connectivity index (χ0v) is 16.7. The second-order valence-electron chi connectivity index (χ2n) is 7.28. The van der Waals surface area contributed by atoms with Crippen molar-refractivity contribution in [2.75, 3.05) is 13.1 Å². The van der Waals surface area contributed by atoms with Crippen LogP contribution < -0.4 is 4.74 Å². The molecule has 11 heteroatoms. The van der Waals surface area contributed by atoms with Gasteiger partial charge in [-0.25, -0.2) is 24.3 Å². The molecule has 4 rings (SSSR count). The summed E-state index contributed by atoms with van der Waals surface area (Å²) in [5, 5.41) is 11.0. The molecule has 7 nitrogen and oxygen atoms in total. The third-order valence-electron chi connectivity index (χ3n) is 5.10. The second-order valence-corrected chi connectivity index (χ2v) is 7.28. The number of ether oxygens (including phenoxy) is 1. The molecule has 3 heterocycles. The molecule has 1 N–H and O–H groups in total. The van der Waals surface area contributed by atoms with Gasteiger partial charge in [0, 0.05) is 43.4 Å². The number of aliphatic hydroxyl groups excluding tert-OH is 1. The molecule has 0 aliphatic carbocycles. The molecule has 0 saturated carbocycles. The van der Waals surface area contributed by atoms with Crippen LogP contribution in [0.5, 0.6) is 6.01 Å². The average molecular weight is 449 g/mol. The number of aliphatic hydroxyl groups is 1. The third kappa shape index (κ3) is 4.83. The number of aromatic nitrogens is 4. The fraction of sp³-hybridized carbons (Fsp3) is 0.333. The maximum absolute atomic E-state index is 14.6. The van der Waals surface area contributed by atoms with E-state index >= 15 is 0 Å². The van der Waals surface area contributed by atoms with Crippen LogP contribution in [0.1, 0.15) is 30.2 Å². The van der Waals surface area contributed by atoms with Gasteiger partial charge < -0.3 is 9.84 Å². The second kappa shape index (κ2) is 9.13. The van der Waals surface area contributed by atoms with Crippen LogP contribution in [-0.2, 0) is 6.18 Å². The van der Waals surface area contributed by atoms with Crippen LogP contribution in [0.15, 0.2) is 49.1 Å². The Balaban J connectivity index is 1.50. The lowest BCUT2D eigenvalue weighted by atomic mass is 10.0. The Kier molecular flexibility index (Phi) is 6.28. The number of benzene rings is 1. The van der Waals surface area contributed by atoms with E-state index in [1.165, 1.54) is 24.5 Å². The van der Waals surface area contributed by atoms with E-state index in [2.05, 4.69) is 19.9 Å². The molecule has 2 atom stereocenters. The SMILES string of the molecule is OC(c1cccc(F)c1-c1ncccn1)N1CCC[C@@H](Oc2ncc(C(F)(F)F)cn2)C1. The van der Waals surface area contributed by atoms with Crippen molar-refractivity contribution < 1.29 is 27.4 Å². The molecular formula is C21H19F4N5O2. The van der Waals surface area contributed by atoms with E-state index in [9.17, 15) is 22.7 Å². The van der Waals surface area contributed by atoms with Crippen LogP contribution in [0.2, 0.25) is 0 Å². The number of rotatable bonds is 5. The lowest BCUT2D eigenvalue weighted by Crippen LogP contribution is -2.43. The molecule has 3 aromatic rings. The first-order chi connectivity index (χ1) is 15.3. The molecule has 0 bridgehead atoms. The molecule has 0 spiro atoms. The molecule has 1 aliphatic rings. The Morgan fingerprint density at radius 2 is 1.78 bits per heavy atom. The third-order valence-corrected chi connectivity index (χ3v) is 5.10. The molecule has 168 valence electrons. The van der Waals surface area contributed by atoms with Gasteiger partial charge in [0.15, 0.2) is 5.82 Å². The van der Waals surface area contributed by atoms with Gasteiger partial charge in [-0.05, 0) is 25.0 Å². The summed E-state index contributed by atoms with van der Waals surface area (Å²) in [5.74, 6) is -0.404. The Morgan fingerprint density at radius 3 is 2.47 bits per heavy atom. The van der Waals surface area contributed by atoms with Gasteiger partial charge in [-0.15, -0.1) is 0 Å². The van der Waals surface area contributed by atoms with E-state index in [-0.39, 0.29) is 23.9 Å². The summed E-state index contributed by atoms with van der Waals surface area (Å²) >= 11 is 0. The first kappa shape index (κ1) is 22.0. The predicted molar refractivity (Wildman–Crippen MR) is 105 cm³/mol. The summed E-state index contributed by atoms with van der Waals surface area (Å²) < 4.78 is 58.3. The van der Waals surface area contributed by atoms with Crippen LogP contribution in [-0.4, -0.2) is 49.1 Å². The van der Waals surface area contributed by atoms with Crippen LogP contribution >= 0.6 is 0 Å². The number of piperidine rings is 1. The summed E-state index contributed by atoms with van der Waals surface area (Å²) in [4.78, 5) is 17.1. The van der Waals surface area contributed by atoms with E-state index < -0.39 is 29.9 Å². The number of hydrogen-bond acceptors (Lipinski definition) is 7. The Morgan fingerprint density at radius 1 is 1.06 bits per heavy atom. The van der Waals surface area contributed by atoms with Gasteiger partial charge in [-0.3, -0.25) is 4.90 Å². The number of halogens is 4. The highest BCUT2D eigenvalue weighted by Gasteiger charge is 2.32. The first-order valence-electron chi connectivity index (χ1n) is 9.87. The Bertz CT molecular complexity index is 1050. The van der Waals surface area contributed by atoms with Gasteiger partial charge in [0.05, 0.1) is 11.1 Å². The highest BCUT2D eigenvalue weighted by atomic mass is 19.4. The highest BCUT2D eigenvalue weighted by Crippen LogP contribution is 2.32. The molecule has 1 fully saturated rings. The molecule has 1 aliphatic heterocycles. The Labute approximate surface area is 180 Å². The van der Waals surface area contributed by atoms with Crippen molar-refractivity contribution >= 4 is 0 Å². The molecule has 1 unspecified atom stereocenters. The minimum atomic E-state index is -4.53. The lowest BCUT2D eigenvalue weighted by Gasteiger charge is -2.36. The quantitative estimate of drug-likeness (QED) is 0.596. The fourth-order valence-corrected chi connectivity index (χ4v) is 3.57. The van der Waals surface area contributed by atoms with E-state index in [1.54, 1.807) is 17.0 Å². The smallest absolute Gasteiger partial charge is 0.419 e.